The summed E-state index contributed by atoms with van der Waals surface area (Å²) in [5, 5.41) is 14.1. The van der Waals surface area contributed by atoms with Crippen LogP contribution in [0.4, 0.5) is 0 Å². The van der Waals surface area contributed by atoms with E-state index in [0.29, 0.717) is 18.0 Å². The van der Waals surface area contributed by atoms with Crippen molar-refractivity contribution in [3.05, 3.63) is 40.9 Å². The second-order valence-electron chi connectivity index (χ2n) is 5.58. The summed E-state index contributed by atoms with van der Waals surface area (Å²) in [6.07, 6.45) is 3.45. The fourth-order valence-corrected chi connectivity index (χ4v) is 3.03. The minimum atomic E-state index is -0.230. The summed E-state index contributed by atoms with van der Waals surface area (Å²) in [4.78, 5) is 2.19. The zero-order chi connectivity index (χ0) is 14.8. The molecule has 1 aliphatic rings. The average Bonchev–Trinajstić information content (AvgIpc) is 2.81. The molecule has 2 aromatic rings. The van der Waals surface area contributed by atoms with Crippen LogP contribution in [0.2, 0.25) is 0 Å². The van der Waals surface area contributed by atoms with Gasteiger partial charge in [-0.1, -0.05) is 18.2 Å². The normalized spacial score (nSPS) is 19.8. The molecule has 2 heterocycles. The predicted octanol–water partition coefficient (Wildman–Crippen LogP) is 2.13. The third-order valence-corrected chi connectivity index (χ3v) is 4.33. The highest BCUT2D eigenvalue weighted by Gasteiger charge is 2.18. The molecule has 1 aliphatic heterocycles. The molecule has 3 rings (SSSR count). The fraction of sp³-hybridized carbons (Fsp3) is 0.467. The zero-order valence-corrected chi connectivity index (χ0v) is 13.0. The first kappa shape index (κ1) is 14.4. The van der Waals surface area contributed by atoms with Crippen LogP contribution in [0.1, 0.15) is 18.4 Å². The summed E-state index contributed by atoms with van der Waals surface area (Å²) in [5.74, 6) is 0. The highest BCUT2D eigenvalue weighted by atomic mass is 32.1. The number of rotatable bonds is 3. The number of aliphatic hydroxyl groups is 1. The molecule has 1 aromatic carbocycles. The molecule has 6 heteroatoms. The van der Waals surface area contributed by atoms with Gasteiger partial charge in [-0.3, -0.25) is 9.47 Å². The Morgan fingerprint density at radius 2 is 2.19 bits per heavy atom. The van der Waals surface area contributed by atoms with Crippen molar-refractivity contribution in [3.63, 3.8) is 0 Å². The molecule has 1 saturated heterocycles. The van der Waals surface area contributed by atoms with E-state index in [0.717, 1.165) is 25.1 Å². The lowest BCUT2D eigenvalue weighted by Gasteiger charge is -2.29. The molecule has 1 N–H and O–H groups in total. The van der Waals surface area contributed by atoms with Gasteiger partial charge in [-0.25, -0.2) is 4.68 Å². The predicted molar refractivity (Wildman–Crippen MR) is 83.9 cm³/mol. The molecule has 1 atom stereocenters. The van der Waals surface area contributed by atoms with Crippen LogP contribution in [0.25, 0.3) is 5.69 Å². The number of nitrogens with zero attached hydrogens (tertiary/aromatic N) is 4. The molecule has 1 aromatic heterocycles. The molecule has 0 amide bonds. The smallest absolute Gasteiger partial charge is 0.203 e. The molecule has 112 valence electrons. The number of hydrogen-bond donors (Lipinski definition) is 1. The number of aromatic nitrogens is 3. The summed E-state index contributed by atoms with van der Waals surface area (Å²) >= 11 is 5.54. The van der Waals surface area contributed by atoms with Crippen molar-refractivity contribution in [2.24, 2.45) is 0 Å². The Bertz CT molecular complexity index is 678. The summed E-state index contributed by atoms with van der Waals surface area (Å²) in [6, 6.07) is 8.13. The molecule has 21 heavy (non-hydrogen) atoms. The van der Waals surface area contributed by atoms with Gasteiger partial charge in [-0.15, -0.1) is 0 Å². The van der Waals surface area contributed by atoms with E-state index in [1.54, 1.807) is 6.33 Å². The van der Waals surface area contributed by atoms with Crippen molar-refractivity contribution in [1.29, 1.82) is 0 Å². The average molecular weight is 304 g/mol. The van der Waals surface area contributed by atoms with E-state index >= 15 is 0 Å². The molecular formula is C15H20N4OS. The number of aliphatic hydroxyl groups excluding tert-OH is 1. The van der Waals surface area contributed by atoms with Gasteiger partial charge < -0.3 is 5.11 Å². The van der Waals surface area contributed by atoms with Crippen LogP contribution in [-0.2, 0) is 6.67 Å². The summed E-state index contributed by atoms with van der Waals surface area (Å²) in [6.45, 7) is 4.37. The lowest BCUT2D eigenvalue weighted by Crippen LogP contribution is -2.39. The lowest BCUT2D eigenvalue weighted by atomic mass is 10.1. The number of hydrogen-bond acceptors (Lipinski definition) is 4. The maximum Gasteiger partial charge on any atom is 0.203 e. The van der Waals surface area contributed by atoms with Crippen LogP contribution in [0, 0.1) is 11.7 Å². The third-order valence-electron chi connectivity index (χ3n) is 3.92. The van der Waals surface area contributed by atoms with Gasteiger partial charge in [0.1, 0.15) is 6.33 Å². The first-order valence-electron chi connectivity index (χ1n) is 7.26. The van der Waals surface area contributed by atoms with E-state index in [-0.39, 0.29) is 6.10 Å². The van der Waals surface area contributed by atoms with Crippen LogP contribution in [0.5, 0.6) is 0 Å². The Morgan fingerprint density at radius 3 is 2.95 bits per heavy atom. The number of aryl methyl sites for hydroxylation is 1. The van der Waals surface area contributed by atoms with Gasteiger partial charge in [0.2, 0.25) is 4.77 Å². The minimum absolute atomic E-state index is 0.230. The number of para-hydroxylation sites is 1. The van der Waals surface area contributed by atoms with Gasteiger partial charge in [-0.2, -0.15) is 5.10 Å². The number of piperidine rings is 1. The molecule has 0 unspecified atom stereocenters. The molecular weight excluding hydrogens is 284 g/mol. The SMILES string of the molecule is Cc1ccccc1-n1cnn(CN2CCC[C@H](O)C2)c1=S. The molecule has 0 spiro atoms. The summed E-state index contributed by atoms with van der Waals surface area (Å²) < 4.78 is 4.44. The molecule has 0 radical (unpaired) electrons. The van der Waals surface area contributed by atoms with Crippen LogP contribution < -0.4 is 0 Å². The molecule has 5 nitrogen and oxygen atoms in total. The lowest BCUT2D eigenvalue weighted by molar-refractivity contribution is 0.0513. The summed E-state index contributed by atoms with van der Waals surface area (Å²) in [5.41, 5.74) is 2.23. The largest absolute Gasteiger partial charge is 0.392 e. The monoisotopic (exact) mass is 304 g/mol. The summed E-state index contributed by atoms with van der Waals surface area (Å²) in [7, 11) is 0. The van der Waals surface area contributed by atoms with Crippen LogP contribution >= 0.6 is 12.2 Å². The second-order valence-corrected chi connectivity index (χ2v) is 5.95. The van der Waals surface area contributed by atoms with Gasteiger partial charge in [0, 0.05) is 13.1 Å². The van der Waals surface area contributed by atoms with Gasteiger partial charge >= 0.3 is 0 Å². The van der Waals surface area contributed by atoms with Crippen molar-refractivity contribution in [1.82, 2.24) is 19.2 Å². The van der Waals surface area contributed by atoms with E-state index in [4.69, 9.17) is 12.2 Å². The van der Waals surface area contributed by atoms with Crippen molar-refractivity contribution < 1.29 is 5.11 Å². The zero-order valence-electron chi connectivity index (χ0n) is 12.1. The molecule has 0 saturated carbocycles. The van der Waals surface area contributed by atoms with Crippen LogP contribution in [0.3, 0.4) is 0 Å². The quantitative estimate of drug-likeness (QED) is 0.883. The highest BCUT2D eigenvalue weighted by molar-refractivity contribution is 7.71. The Balaban J connectivity index is 1.83. The minimum Gasteiger partial charge on any atom is -0.392 e. The molecule has 1 fully saturated rings. The van der Waals surface area contributed by atoms with Gasteiger partial charge in [0.15, 0.2) is 0 Å². The highest BCUT2D eigenvalue weighted by Crippen LogP contribution is 2.15. The molecule has 0 bridgehead atoms. The first-order chi connectivity index (χ1) is 10.1. The number of likely N-dealkylation sites (tertiary alicyclic amines) is 1. The van der Waals surface area contributed by atoms with Crippen molar-refractivity contribution >= 4 is 12.2 Å². The second kappa shape index (κ2) is 6.09. The van der Waals surface area contributed by atoms with Crippen LogP contribution in [0.15, 0.2) is 30.6 Å². The Labute approximate surface area is 129 Å². The van der Waals surface area contributed by atoms with Crippen LogP contribution in [-0.4, -0.2) is 43.5 Å². The van der Waals surface area contributed by atoms with Crippen molar-refractivity contribution in [2.75, 3.05) is 13.1 Å². The maximum absolute atomic E-state index is 9.74. The molecule has 0 aliphatic carbocycles. The van der Waals surface area contributed by atoms with E-state index in [1.807, 2.05) is 27.4 Å². The van der Waals surface area contributed by atoms with Gasteiger partial charge in [0.25, 0.3) is 0 Å². The first-order valence-corrected chi connectivity index (χ1v) is 7.67. The fourth-order valence-electron chi connectivity index (χ4n) is 2.78. The number of benzene rings is 1. The maximum atomic E-state index is 9.74. The standard InChI is InChI=1S/C15H20N4OS/c1-12-5-2-3-7-14(12)18-10-16-19(15(18)21)11-17-8-4-6-13(20)9-17/h2-3,5,7,10,13,20H,4,6,8-9,11H2,1H3/t13-/m0/s1. The Morgan fingerprint density at radius 1 is 1.38 bits per heavy atom. The van der Waals surface area contributed by atoms with E-state index in [2.05, 4.69) is 23.0 Å². The topological polar surface area (TPSA) is 46.2 Å². The Hall–Kier alpha value is -1.50. The van der Waals surface area contributed by atoms with E-state index in [9.17, 15) is 5.11 Å². The van der Waals surface area contributed by atoms with Crippen molar-refractivity contribution in [2.45, 2.75) is 32.5 Å². The van der Waals surface area contributed by atoms with Gasteiger partial charge in [-0.05, 0) is 43.6 Å². The van der Waals surface area contributed by atoms with Gasteiger partial charge in [0.05, 0.1) is 18.5 Å². The van der Waals surface area contributed by atoms with E-state index < -0.39 is 0 Å². The Kier molecular flexibility index (Phi) is 4.19. The third kappa shape index (κ3) is 3.07. The van der Waals surface area contributed by atoms with Crippen molar-refractivity contribution in [3.8, 4) is 5.69 Å². The number of β-amino-alcohol motifs (C(OH)–C–C–N with tert-alkyl or cyclic N) is 1. The van der Waals surface area contributed by atoms with E-state index in [1.165, 1.54) is 5.56 Å².